The topological polar surface area (TPSA) is 237 Å². The summed E-state index contributed by atoms with van der Waals surface area (Å²) >= 11 is 0. The van der Waals surface area contributed by atoms with E-state index in [0.29, 0.717) is 99.5 Å². The molecule has 510 valence electrons. The second-order valence-electron chi connectivity index (χ2n) is 29.0. The summed E-state index contributed by atoms with van der Waals surface area (Å²) in [6, 6.07) is 39.6. The van der Waals surface area contributed by atoms with Gasteiger partial charge in [-0.2, -0.15) is 0 Å². The number of phenols is 3. The molecule has 14 heteroatoms. The summed E-state index contributed by atoms with van der Waals surface area (Å²) in [7, 11) is 1.48. The molecule has 14 nitrogen and oxygen atoms in total. The van der Waals surface area contributed by atoms with E-state index in [1.54, 1.807) is 18.2 Å². The molecule has 3 heterocycles. The molecule has 98 heavy (non-hydrogen) atoms. The van der Waals surface area contributed by atoms with Gasteiger partial charge in [-0.3, -0.25) is 9.59 Å². The van der Waals surface area contributed by atoms with E-state index < -0.39 is 47.6 Å². The second kappa shape index (κ2) is 30.3. The molecule has 2 aliphatic heterocycles. The molecule has 0 radical (unpaired) electrons. The van der Waals surface area contributed by atoms with Crippen molar-refractivity contribution in [3.8, 4) is 46.7 Å². The van der Waals surface area contributed by atoms with E-state index in [1.807, 2.05) is 72.9 Å². The molecule has 15 atom stereocenters. The molecular formula is C84H94N4O10. The van der Waals surface area contributed by atoms with Gasteiger partial charge in [0, 0.05) is 92.6 Å². The number of dihydropyridines is 1. The minimum absolute atomic E-state index is 0.0408. The third kappa shape index (κ3) is 14.9. The van der Waals surface area contributed by atoms with Crippen LogP contribution in [0, 0.1) is 76.9 Å². The normalized spacial score (nSPS) is 28.3. The van der Waals surface area contributed by atoms with Gasteiger partial charge in [-0.1, -0.05) is 123 Å². The molecule has 0 amide bonds. The fourth-order valence-corrected chi connectivity index (χ4v) is 17.6. The van der Waals surface area contributed by atoms with E-state index in [0.717, 1.165) is 68.0 Å². The van der Waals surface area contributed by atoms with Crippen molar-refractivity contribution in [3.05, 3.63) is 207 Å². The molecule has 6 aliphatic rings. The third-order valence-corrected chi connectivity index (χ3v) is 22.7. The number of Topliss-reactive ketones (excluding diaryl/α,β-unsaturated/α-hetero) is 2. The molecule has 2 saturated carbocycles. The minimum atomic E-state index is -1.93. The first-order valence-electron chi connectivity index (χ1n) is 35.7. The number of hydrogen-bond donors (Lipinski definition) is 11. The van der Waals surface area contributed by atoms with E-state index in [-0.39, 0.29) is 109 Å². The number of aliphatic hydroxyl groups is 4. The van der Waals surface area contributed by atoms with Crippen LogP contribution < -0.4 is 20.7 Å². The molecule has 6 aromatic carbocycles. The molecule has 11 N–H and O–H groups in total. The zero-order valence-electron chi connectivity index (χ0n) is 56.5. The molecule has 0 unspecified atom stereocenters. The van der Waals surface area contributed by atoms with Gasteiger partial charge < -0.3 is 61.4 Å². The van der Waals surface area contributed by atoms with Gasteiger partial charge in [0.05, 0.1) is 25.2 Å². The van der Waals surface area contributed by atoms with Gasteiger partial charge in [-0.15, -0.1) is 5.92 Å². The van der Waals surface area contributed by atoms with Crippen LogP contribution in [0.4, 0.5) is 5.69 Å². The van der Waals surface area contributed by atoms with E-state index >= 15 is 4.79 Å². The van der Waals surface area contributed by atoms with Gasteiger partial charge in [0.15, 0.2) is 29.2 Å². The van der Waals surface area contributed by atoms with E-state index in [1.165, 1.54) is 7.11 Å². The number of fused-ring (bicyclic) bond motifs is 15. The maximum absolute atomic E-state index is 15.8. The predicted octanol–water partition coefficient (Wildman–Crippen LogP) is 12.2. The number of nitrogens with one attached hydrogen (secondary N) is 4. The van der Waals surface area contributed by atoms with Gasteiger partial charge in [-0.25, -0.2) is 0 Å². The lowest BCUT2D eigenvalue weighted by atomic mass is 9.63. The lowest BCUT2D eigenvalue weighted by Crippen LogP contribution is -2.40. The van der Waals surface area contributed by atoms with Crippen LogP contribution in [0.3, 0.4) is 0 Å². The van der Waals surface area contributed by atoms with Crippen LogP contribution in [-0.2, 0) is 41.7 Å². The number of carbonyl (C=O) groups is 2. The predicted molar refractivity (Wildman–Crippen MR) is 383 cm³/mol. The number of aromatic amines is 1. The number of phenolic OH excluding ortho intramolecular Hbond substituents is 3. The Balaban J connectivity index is 1.02. The fourth-order valence-electron chi connectivity index (χ4n) is 17.6. The van der Waals surface area contributed by atoms with Crippen LogP contribution in [-0.4, -0.2) is 104 Å². The number of anilines is 1. The first-order valence-corrected chi connectivity index (χ1v) is 35.7. The average Bonchev–Trinajstić information content (AvgIpc) is 0.814. The van der Waals surface area contributed by atoms with Crippen LogP contribution in [0.5, 0.6) is 23.0 Å². The van der Waals surface area contributed by atoms with Crippen molar-refractivity contribution in [2.24, 2.45) is 53.3 Å². The second-order valence-corrected chi connectivity index (χ2v) is 29.0. The Kier molecular flexibility index (Phi) is 21.0. The van der Waals surface area contributed by atoms with Crippen molar-refractivity contribution >= 4 is 28.0 Å². The van der Waals surface area contributed by atoms with Crippen molar-refractivity contribution in [1.82, 2.24) is 15.6 Å². The molecule has 0 spiro atoms. The van der Waals surface area contributed by atoms with E-state index in [4.69, 9.17) is 4.74 Å². The number of benzene rings is 6. The SMILES string of the molecule is CCC[C@@H]1[C@H]2C[C@H]3C[C@H]4C#C[C@H](c5cc(O)c(OC)cc5CCC(=O)[C@@H](O)C(=O)[C@H]4C2)c2ccccc2[C@@H]2C[C@@H](CO)[C@H](Cc4cccc(O)c4)[C@H](C#CC[C@@H]3C3=CCNC(=C3)Nc3cc4c(O)c(ccc4cc3Cc3ccccc3)C[C@H](O)CNC[C@@H](C)c3c[nH]c(c3)C[C@H]1O)C2. The van der Waals surface area contributed by atoms with Crippen molar-refractivity contribution in [3.63, 3.8) is 0 Å². The number of aromatic hydroxyl groups is 3. The number of aromatic nitrogens is 1. The number of H-pyrrole nitrogens is 1. The number of methoxy groups -OCH3 is 1. The zero-order chi connectivity index (χ0) is 68.1. The number of aryl methyl sites for hydroxylation is 1. The Labute approximate surface area is 576 Å². The molecule has 1 aromatic heterocycles. The van der Waals surface area contributed by atoms with Crippen molar-refractivity contribution in [2.45, 2.75) is 140 Å². The van der Waals surface area contributed by atoms with Gasteiger partial charge in [0.25, 0.3) is 0 Å². The summed E-state index contributed by atoms with van der Waals surface area (Å²) in [5.74, 6) is 11.6. The summed E-state index contributed by atoms with van der Waals surface area (Å²) in [5, 5.41) is 95.9. The zero-order valence-corrected chi connectivity index (χ0v) is 56.5. The monoisotopic (exact) mass is 1320 g/mol. The highest BCUT2D eigenvalue weighted by Gasteiger charge is 2.46. The van der Waals surface area contributed by atoms with Crippen LogP contribution in [0.25, 0.3) is 10.8 Å². The van der Waals surface area contributed by atoms with Crippen LogP contribution in [0.15, 0.2) is 151 Å². The molecule has 13 bridgehead atoms. The molecule has 0 saturated heterocycles. The summed E-state index contributed by atoms with van der Waals surface area (Å²) in [4.78, 5) is 34.0. The highest BCUT2D eigenvalue weighted by atomic mass is 16.5. The fraction of sp³-hybridized carbons (Fsp3) is 0.429. The number of β-amino-alcohol motifs (C(OH)–C–C–N with tert-alkyl or cyclic N) is 1. The highest BCUT2D eigenvalue weighted by molar-refractivity contribution is 6.06. The maximum Gasteiger partial charge on any atom is 0.173 e. The highest BCUT2D eigenvalue weighted by Crippen LogP contribution is 2.51. The maximum atomic E-state index is 15.8. The number of allylic oxidation sites excluding steroid dienone is 2. The first kappa shape index (κ1) is 67.9. The standard InChI is InChI=1S/C84H94N4O10/c1-4-12-69-60-35-58-33-54-23-25-71(73-44-79(94)80(98-3)40-55(73)24-26-77(92)84(97)83(96)74(54)39-60)70-19-9-8-18-68(70)59-32-52(72(63(36-59)48-89)31-51-15-10-17-65(90)30-51)16-11-20-67(58)56-27-28-86-81(41-56)88-76-43-75-53(34-61(76)29-50-13-6-5-7-14-50)21-22-57(82(75)95)38-66(91)47-85-45-49(2)62-37-64(87-46-62)42-78(69)93/h5-10,13-15,17-19,21-22,27,30,34,37,40-41,43-44,46,49,52,54,58-60,63,66-67,69,71-72,74,78,84-91,93-95,97H,4,12,20,24,26,28-29,31-33,35-36,38-39,42,45,47-48H2,1-3H3/t49-,52-,54-,58-,59+,60+,63+,66+,67-,69-,71+,72-,74+,78-,84-/m1/s1. The Morgan fingerprint density at radius 1 is 0.714 bits per heavy atom. The lowest BCUT2D eigenvalue weighted by Gasteiger charge is -2.41. The Morgan fingerprint density at radius 2 is 1.53 bits per heavy atom. The molecule has 7 aromatic rings. The minimum Gasteiger partial charge on any atom is -0.508 e. The average molecular weight is 1320 g/mol. The molecule has 2 fully saturated rings. The molecular weight excluding hydrogens is 1220 g/mol. The number of hydrogen-bond acceptors (Lipinski definition) is 13. The Bertz CT molecular complexity index is 4250. The quantitative estimate of drug-likeness (QED) is 0.0502. The Hall–Kier alpha value is -8.60. The van der Waals surface area contributed by atoms with Gasteiger partial charge in [0.2, 0.25) is 0 Å². The lowest BCUT2D eigenvalue weighted by molar-refractivity contribution is -0.142. The molecule has 13 rings (SSSR count). The van der Waals surface area contributed by atoms with Crippen LogP contribution >= 0.6 is 0 Å². The number of rotatable bonds is 8. The van der Waals surface area contributed by atoms with Crippen LogP contribution in [0.2, 0.25) is 0 Å². The number of carbonyl (C=O) groups excluding carboxylic acids is 2. The summed E-state index contributed by atoms with van der Waals surface area (Å²) in [6.45, 7) is 5.51. The Morgan fingerprint density at radius 3 is 2.34 bits per heavy atom. The third-order valence-electron chi connectivity index (χ3n) is 22.7. The summed E-state index contributed by atoms with van der Waals surface area (Å²) in [6.07, 6.45) is 8.88. The van der Waals surface area contributed by atoms with Crippen molar-refractivity contribution in [2.75, 3.05) is 38.7 Å². The van der Waals surface area contributed by atoms with Gasteiger partial charge >= 0.3 is 0 Å². The number of ether oxygens (including phenoxy) is 1. The van der Waals surface area contributed by atoms with E-state index in [9.17, 15) is 40.5 Å². The van der Waals surface area contributed by atoms with Crippen LogP contribution in [0.1, 0.15) is 145 Å². The van der Waals surface area contributed by atoms with Gasteiger partial charge in [-0.05, 0) is 215 Å². The number of ketones is 2. The van der Waals surface area contributed by atoms with Crippen molar-refractivity contribution in [1.29, 1.82) is 0 Å². The first-order chi connectivity index (χ1) is 47.6. The smallest absolute Gasteiger partial charge is 0.173 e. The van der Waals surface area contributed by atoms with Crippen molar-refractivity contribution < 1.29 is 50.1 Å². The molecule has 4 aliphatic carbocycles. The summed E-state index contributed by atoms with van der Waals surface area (Å²) in [5.41, 5.74) is 10.8. The number of aliphatic hydroxyl groups excluding tert-OH is 4. The van der Waals surface area contributed by atoms with Gasteiger partial charge in [0.1, 0.15) is 17.3 Å². The largest absolute Gasteiger partial charge is 0.508 e. The summed E-state index contributed by atoms with van der Waals surface area (Å²) < 4.78 is 5.72. The van der Waals surface area contributed by atoms with E-state index in [2.05, 4.69) is 107 Å².